The lowest BCUT2D eigenvalue weighted by molar-refractivity contribution is 0.174. The van der Waals surface area contributed by atoms with Gasteiger partial charge in [0.15, 0.2) is 11.5 Å². The van der Waals surface area contributed by atoms with Gasteiger partial charge in [-0.15, -0.1) is 0 Å². The molecule has 0 fully saturated rings. The molecule has 0 saturated carbocycles. The molecule has 0 atom stereocenters. The van der Waals surface area contributed by atoms with Crippen molar-refractivity contribution in [3.63, 3.8) is 0 Å². The zero-order chi connectivity index (χ0) is 20.7. The summed E-state index contributed by atoms with van der Waals surface area (Å²) >= 11 is 0. The van der Waals surface area contributed by atoms with Crippen molar-refractivity contribution in [1.29, 1.82) is 0 Å². The molecule has 1 aliphatic heterocycles. The second kappa shape index (κ2) is 7.34. The summed E-state index contributed by atoms with van der Waals surface area (Å²) in [4.78, 5) is 2.26. The van der Waals surface area contributed by atoms with Gasteiger partial charge in [-0.2, -0.15) is 0 Å². The summed E-state index contributed by atoms with van der Waals surface area (Å²) in [6, 6.07) is 20.7. The minimum atomic E-state index is 0.261. The number of methoxy groups -OCH3 is 2. The van der Waals surface area contributed by atoms with Crippen LogP contribution in [0.4, 0.5) is 5.69 Å². The third-order valence-corrected chi connectivity index (χ3v) is 5.62. The maximum absolute atomic E-state index is 5.61. The Labute approximate surface area is 175 Å². The smallest absolute Gasteiger partial charge is 0.231 e. The van der Waals surface area contributed by atoms with Crippen LogP contribution in [0.3, 0.4) is 0 Å². The Morgan fingerprint density at radius 2 is 1.47 bits per heavy atom. The lowest BCUT2D eigenvalue weighted by atomic mass is 9.98. The average molecular weight is 401 g/mol. The largest absolute Gasteiger partial charge is 0.497 e. The molecule has 0 amide bonds. The molecule has 5 rings (SSSR count). The van der Waals surface area contributed by atoms with E-state index in [0.717, 1.165) is 56.8 Å². The van der Waals surface area contributed by atoms with Crippen LogP contribution in [0.2, 0.25) is 0 Å². The summed E-state index contributed by atoms with van der Waals surface area (Å²) in [6.45, 7) is 1.04. The van der Waals surface area contributed by atoms with Gasteiger partial charge < -0.3 is 23.8 Å². The van der Waals surface area contributed by atoms with E-state index in [1.807, 2.05) is 18.2 Å². The van der Waals surface area contributed by atoms with Gasteiger partial charge in [0.1, 0.15) is 11.5 Å². The highest BCUT2D eigenvalue weighted by molar-refractivity contribution is 6.14. The van der Waals surface area contributed by atoms with Crippen LogP contribution in [0.1, 0.15) is 5.56 Å². The molecular weight excluding hydrogens is 378 g/mol. The van der Waals surface area contributed by atoms with Crippen LogP contribution < -0.4 is 23.8 Å². The van der Waals surface area contributed by atoms with E-state index in [-0.39, 0.29) is 6.79 Å². The first-order chi connectivity index (χ1) is 14.7. The minimum Gasteiger partial charge on any atom is -0.497 e. The second-order valence-corrected chi connectivity index (χ2v) is 7.44. The van der Waals surface area contributed by atoms with E-state index in [2.05, 4.69) is 54.4 Å². The fourth-order valence-corrected chi connectivity index (χ4v) is 4.04. The summed E-state index contributed by atoms with van der Waals surface area (Å²) in [5.41, 5.74) is 2.36. The van der Waals surface area contributed by atoms with Crippen LogP contribution >= 0.6 is 0 Å². The Bertz CT molecular complexity index is 1230. The van der Waals surface area contributed by atoms with Gasteiger partial charge in [-0.1, -0.05) is 12.1 Å². The van der Waals surface area contributed by atoms with Gasteiger partial charge in [0.25, 0.3) is 0 Å². The molecule has 0 saturated heterocycles. The van der Waals surface area contributed by atoms with Crippen LogP contribution in [-0.2, 0) is 6.54 Å². The van der Waals surface area contributed by atoms with Gasteiger partial charge in [0.2, 0.25) is 6.79 Å². The van der Waals surface area contributed by atoms with Crippen molar-refractivity contribution in [1.82, 2.24) is 0 Å². The van der Waals surface area contributed by atoms with Gasteiger partial charge in [0.05, 0.1) is 14.2 Å². The predicted molar refractivity (Wildman–Crippen MR) is 119 cm³/mol. The third kappa shape index (κ3) is 3.12. The first kappa shape index (κ1) is 18.4. The number of benzene rings is 4. The van der Waals surface area contributed by atoms with Gasteiger partial charge in [-0.25, -0.2) is 0 Å². The topological polar surface area (TPSA) is 40.2 Å². The quantitative estimate of drug-likeness (QED) is 0.420. The molecule has 0 bridgehead atoms. The molecule has 1 heterocycles. The molecule has 0 unspecified atom stereocenters. The van der Waals surface area contributed by atoms with Gasteiger partial charge >= 0.3 is 0 Å². The van der Waals surface area contributed by atoms with E-state index in [0.29, 0.717) is 0 Å². The van der Waals surface area contributed by atoms with Crippen LogP contribution in [0.15, 0.2) is 60.7 Å². The number of anilines is 1. The van der Waals surface area contributed by atoms with Crippen LogP contribution in [0.5, 0.6) is 23.0 Å². The summed E-state index contributed by atoms with van der Waals surface area (Å²) in [5, 5.41) is 4.52. The maximum Gasteiger partial charge on any atom is 0.231 e. The Morgan fingerprint density at radius 3 is 2.20 bits per heavy atom. The number of rotatable bonds is 5. The first-order valence-electron chi connectivity index (χ1n) is 9.84. The van der Waals surface area contributed by atoms with E-state index >= 15 is 0 Å². The zero-order valence-electron chi connectivity index (χ0n) is 17.3. The molecule has 1 aliphatic rings. The molecule has 0 radical (unpaired) electrons. The molecule has 0 spiro atoms. The minimum absolute atomic E-state index is 0.261. The van der Waals surface area contributed by atoms with E-state index in [9.17, 15) is 0 Å². The number of ether oxygens (including phenoxy) is 4. The van der Waals surface area contributed by atoms with E-state index in [1.165, 1.54) is 5.56 Å². The van der Waals surface area contributed by atoms with Gasteiger partial charge in [0, 0.05) is 24.7 Å². The van der Waals surface area contributed by atoms with Crippen molar-refractivity contribution in [3.8, 4) is 23.0 Å². The SMILES string of the molecule is COc1ccc(CN(C)c2cc3cc4c(cc3c3cc(OC)ccc23)OCO4)cc1. The normalized spacial score (nSPS) is 12.4. The van der Waals surface area contributed by atoms with E-state index in [4.69, 9.17) is 18.9 Å². The Kier molecular flexibility index (Phi) is 4.51. The van der Waals surface area contributed by atoms with Crippen molar-refractivity contribution in [3.05, 3.63) is 66.2 Å². The average Bonchev–Trinajstić information content (AvgIpc) is 3.24. The molecule has 152 valence electrons. The zero-order valence-corrected chi connectivity index (χ0v) is 17.3. The van der Waals surface area contributed by atoms with Crippen molar-refractivity contribution < 1.29 is 18.9 Å². The molecule has 4 aromatic rings. The molecule has 0 aliphatic carbocycles. The summed E-state index contributed by atoms with van der Waals surface area (Å²) < 4.78 is 22.0. The van der Waals surface area contributed by atoms with Gasteiger partial charge in [-0.05, 0) is 70.3 Å². The second-order valence-electron chi connectivity index (χ2n) is 7.44. The van der Waals surface area contributed by atoms with Gasteiger partial charge in [-0.3, -0.25) is 0 Å². The molecule has 5 heteroatoms. The standard InChI is InChI=1S/C25H23NO4/c1-26(14-16-4-6-18(27-2)7-5-16)23-10-17-11-24-25(30-15-29-24)13-21(17)22-12-19(28-3)8-9-20(22)23/h4-13H,14-15H2,1-3H3. The third-order valence-electron chi connectivity index (χ3n) is 5.62. The summed E-state index contributed by atoms with van der Waals surface area (Å²) in [5.74, 6) is 3.26. The maximum atomic E-state index is 5.61. The van der Waals surface area contributed by atoms with E-state index < -0.39 is 0 Å². The molecule has 5 nitrogen and oxygen atoms in total. The predicted octanol–water partition coefficient (Wildman–Crippen LogP) is 5.38. The lowest BCUT2D eigenvalue weighted by Gasteiger charge is -2.23. The summed E-state index contributed by atoms with van der Waals surface area (Å²) in [7, 11) is 5.49. The van der Waals surface area contributed by atoms with Crippen LogP contribution in [-0.4, -0.2) is 28.1 Å². The first-order valence-corrected chi connectivity index (χ1v) is 9.84. The Hall–Kier alpha value is -3.60. The highest BCUT2D eigenvalue weighted by atomic mass is 16.7. The number of nitrogens with zero attached hydrogens (tertiary/aromatic N) is 1. The molecule has 0 aromatic heterocycles. The summed E-state index contributed by atoms with van der Waals surface area (Å²) in [6.07, 6.45) is 0. The monoisotopic (exact) mass is 401 g/mol. The Balaban J connectivity index is 1.64. The van der Waals surface area contributed by atoms with Crippen molar-refractivity contribution in [2.75, 3.05) is 33.0 Å². The fourth-order valence-electron chi connectivity index (χ4n) is 4.04. The highest BCUT2D eigenvalue weighted by Gasteiger charge is 2.18. The Morgan fingerprint density at radius 1 is 0.767 bits per heavy atom. The van der Waals surface area contributed by atoms with Crippen molar-refractivity contribution >= 4 is 27.2 Å². The van der Waals surface area contributed by atoms with Crippen molar-refractivity contribution in [2.24, 2.45) is 0 Å². The molecule has 30 heavy (non-hydrogen) atoms. The molecule has 0 N–H and O–H groups in total. The molecule has 4 aromatic carbocycles. The van der Waals surface area contributed by atoms with E-state index in [1.54, 1.807) is 14.2 Å². The number of fused-ring (bicyclic) bond motifs is 4. The van der Waals surface area contributed by atoms with Crippen LogP contribution in [0.25, 0.3) is 21.5 Å². The number of hydrogen-bond donors (Lipinski definition) is 0. The van der Waals surface area contributed by atoms with Crippen LogP contribution in [0, 0.1) is 0 Å². The van der Waals surface area contributed by atoms with Crippen molar-refractivity contribution in [2.45, 2.75) is 6.54 Å². The highest BCUT2D eigenvalue weighted by Crippen LogP contribution is 2.42. The molecular formula is C25H23NO4. The lowest BCUT2D eigenvalue weighted by Crippen LogP contribution is -2.16. The fraction of sp³-hybridized carbons (Fsp3) is 0.200. The number of hydrogen-bond acceptors (Lipinski definition) is 5.